The van der Waals surface area contributed by atoms with Gasteiger partial charge in [0.25, 0.3) is 0 Å². The van der Waals surface area contributed by atoms with Crippen molar-refractivity contribution < 1.29 is 14.7 Å². The largest absolute Gasteiger partial charge is 0.481 e. The van der Waals surface area contributed by atoms with Crippen LogP contribution in [0.4, 0.5) is 0 Å². The molecule has 1 aliphatic heterocycles. The minimum atomic E-state index is -0.894. The molecule has 1 atom stereocenters. The van der Waals surface area contributed by atoms with Gasteiger partial charge in [0, 0.05) is 17.8 Å². The van der Waals surface area contributed by atoms with Gasteiger partial charge in [0.2, 0.25) is 5.78 Å². The van der Waals surface area contributed by atoms with Crippen molar-refractivity contribution in [2.45, 2.75) is 32.2 Å². The highest BCUT2D eigenvalue weighted by atomic mass is 16.4. The quantitative estimate of drug-likeness (QED) is 0.882. The number of aromatic nitrogens is 1. The summed E-state index contributed by atoms with van der Waals surface area (Å²) in [4.78, 5) is 24.5. The first-order valence-corrected chi connectivity index (χ1v) is 7.51. The van der Waals surface area contributed by atoms with E-state index in [0.717, 1.165) is 5.69 Å². The summed E-state index contributed by atoms with van der Waals surface area (Å²) in [5, 5.41) is 9.75. The van der Waals surface area contributed by atoms with Crippen molar-refractivity contribution in [3.8, 4) is 0 Å². The number of carboxylic acids is 1. The summed E-state index contributed by atoms with van der Waals surface area (Å²) in [7, 11) is 0. The Hall–Kier alpha value is -2.36. The lowest BCUT2D eigenvalue weighted by Gasteiger charge is -2.28. The Kier molecular flexibility index (Phi) is 3.39. The first kappa shape index (κ1) is 14.6. The van der Waals surface area contributed by atoms with E-state index in [1.807, 2.05) is 36.6 Å². The van der Waals surface area contributed by atoms with Gasteiger partial charge in [-0.25, -0.2) is 0 Å². The second-order valence-corrected chi connectivity index (χ2v) is 6.13. The number of ketones is 1. The molecular formula is C18H19NO3. The molecule has 22 heavy (non-hydrogen) atoms. The number of hydrogen-bond acceptors (Lipinski definition) is 2. The molecule has 0 amide bonds. The van der Waals surface area contributed by atoms with Crippen molar-refractivity contribution in [3.05, 3.63) is 59.4 Å². The van der Waals surface area contributed by atoms with Gasteiger partial charge in [-0.05, 0) is 24.5 Å². The Morgan fingerprint density at radius 2 is 1.82 bits per heavy atom. The molecule has 1 aromatic carbocycles. The van der Waals surface area contributed by atoms with Gasteiger partial charge in [-0.1, -0.05) is 44.2 Å². The standard InChI is InChI=1S/C18H19NO3/c1-12(2)18(17(21)22)10-11-19-14(8-9-15(18)19)16(20)13-6-4-3-5-7-13/h3-9,12H,10-11H2,1-2H3,(H,21,22). The SMILES string of the molecule is CC(C)C1(C(=O)O)CCn2c(C(=O)c3ccccc3)ccc21. The Morgan fingerprint density at radius 1 is 1.14 bits per heavy atom. The van der Waals surface area contributed by atoms with Crippen LogP contribution in [-0.2, 0) is 16.8 Å². The summed E-state index contributed by atoms with van der Waals surface area (Å²) in [5.74, 6) is -0.893. The molecule has 0 spiro atoms. The molecule has 0 bridgehead atoms. The van der Waals surface area contributed by atoms with E-state index < -0.39 is 11.4 Å². The van der Waals surface area contributed by atoms with Crippen molar-refractivity contribution in [1.82, 2.24) is 4.57 Å². The number of carbonyl (C=O) groups is 2. The molecule has 1 aromatic heterocycles. The van der Waals surface area contributed by atoms with Crippen LogP contribution in [0.15, 0.2) is 42.5 Å². The maximum absolute atomic E-state index is 12.6. The van der Waals surface area contributed by atoms with E-state index in [-0.39, 0.29) is 11.7 Å². The fourth-order valence-corrected chi connectivity index (χ4v) is 3.50. The van der Waals surface area contributed by atoms with E-state index in [0.29, 0.717) is 24.2 Å². The average molecular weight is 297 g/mol. The molecule has 0 saturated carbocycles. The summed E-state index contributed by atoms with van der Waals surface area (Å²) in [5.41, 5.74) is 1.05. The molecule has 0 aliphatic carbocycles. The van der Waals surface area contributed by atoms with Gasteiger partial charge < -0.3 is 9.67 Å². The molecule has 0 fully saturated rings. The molecule has 1 aliphatic rings. The van der Waals surface area contributed by atoms with Gasteiger partial charge >= 0.3 is 5.97 Å². The van der Waals surface area contributed by atoms with Gasteiger partial charge in [0.05, 0.1) is 5.69 Å². The van der Waals surface area contributed by atoms with Crippen molar-refractivity contribution >= 4 is 11.8 Å². The third-order valence-electron chi connectivity index (χ3n) is 4.80. The number of carboxylic acid groups (broad SMARTS) is 1. The molecule has 4 nitrogen and oxygen atoms in total. The van der Waals surface area contributed by atoms with Crippen LogP contribution in [0.25, 0.3) is 0 Å². The number of carbonyl (C=O) groups excluding carboxylic acids is 1. The Balaban J connectivity index is 2.07. The summed E-state index contributed by atoms with van der Waals surface area (Å²) in [6, 6.07) is 12.6. The number of hydrogen-bond donors (Lipinski definition) is 1. The van der Waals surface area contributed by atoms with Gasteiger partial charge in [-0.3, -0.25) is 9.59 Å². The fraction of sp³-hybridized carbons (Fsp3) is 0.333. The zero-order valence-corrected chi connectivity index (χ0v) is 12.7. The highest BCUT2D eigenvalue weighted by Gasteiger charge is 2.49. The number of aliphatic carboxylic acids is 1. The third kappa shape index (κ3) is 1.90. The smallest absolute Gasteiger partial charge is 0.315 e. The zero-order valence-electron chi connectivity index (χ0n) is 12.7. The van der Waals surface area contributed by atoms with Crippen molar-refractivity contribution in [2.24, 2.45) is 5.92 Å². The molecular weight excluding hydrogens is 278 g/mol. The number of fused-ring (bicyclic) bond motifs is 1. The average Bonchev–Trinajstić information content (AvgIpc) is 3.07. The van der Waals surface area contributed by atoms with Crippen LogP contribution in [0.2, 0.25) is 0 Å². The predicted molar refractivity (Wildman–Crippen MR) is 83.1 cm³/mol. The Morgan fingerprint density at radius 3 is 2.41 bits per heavy atom. The highest BCUT2D eigenvalue weighted by Crippen LogP contribution is 2.43. The normalized spacial score (nSPS) is 20.1. The van der Waals surface area contributed by atoms with E-state index in [9.17, 15) is 14.7 Å². The van der Waals surface area contributed by atoms with Crippen molar-refractivity contribution in [2.75, 3.05) is 0 Å². The van der Waals surface area contributed by atoms with Crippen LogP contribution in [-0.4, -0.2) is 21.4 Å². The van der Waals surface area contributed by atoms with Gasteiger partial charge in [0.1, 0.15) is 5.41 Å². The lowest BCUT2D eigenvalue weighted by atomic mass is 9.74. The second-order valence-electron chi connectivity index (χ2n) is 6.13. The maximum Gasteiger partial charge on any atom is 0.315 e. The molecule has 2 heterocycles. The minimum Gasteiger partial charge on any atom is -0.481 e. The van der Waals surface area contributed by atoms with Crippen LogP contribution in [0.1, 0.15) is 42.0 Å². The molecule has 0 radical (unpaired) electrons. The van der Waals surface area contributed by atoms with Crippen LogP contribution < -0.4 is 0 Å². The highest BCUT2D eigenvalue weighted by molar-refractivity contribution is 6.08. The number of rotatable bonds is 4. The van der Waals surface area contributed by atoms with Crippen molar-refractivity contribution in [3.63, 3.8) is 0 Å². The van der Waals surface area contributed by atoms with E-state index in [4.69, 9.17) is 0 Å². The first-order valence-electron chi connectivity index (χ1n) is 7.51. The lowest BCUT2D eigenvalue weighted by Crippen LogP contribution is -2.38. The molecule has 2 aromatic rings. The molecule has 0 saturated heterocycles. The Bertz CT molecular complexity index is 730. The third-order valence-corrected chi connectivity index (χ3v) is 4.80. The molecule has 3 rings (SSSR count). The van der Waals surface area contributed by atoms with Crippen LogP contribution in [0.3, 0.4) is 0 Å². The molecule has 1 N–H and O–H groups in total. The van der Waals surface area contributed by atoms with Gasteiger partial charge in [-0.2, -0.15) is 0 Å². The monoisotopic (exact) mass is 297 g/mol. The first-order chi connectivity index (χ1) is 10.5. The summed E-state index contributed by atoms with van der Waals surface area (Å²) in [6.45, 7) is 4.42. The molecule has 4 heteroatoms. The predicted octanol–water partition coefficient (Wildman–Crippen LogP) is 3.10. The summed E-state index contributed by atoms with van der Waals surface area (Å²) < 4.78 is 1.88. The van der Waals surface area contributed by atoms with Gasteiger partial charge in [0.15, 0.2) is 0 Å². The minimum absolute atomic E-state index is 0.0270. The van der Waals surface area contributed by atoms with Crippen LogP contribution in [0, 0.1) is 5.92 Å². The van der Waals surface area contributed by atoms with Crippen LogP contribution in [0.5, 0.6) is 0 Å². The molecule has 114 valence electrons. The Labute approximate surface area is 129 Å². The van der Waals surface area contributed by atoms with Gasteiger partial charge in [-0.15, -0.1) is 0 Å². The second kappa shape index (κ2) is 5.13. The zero-order chi connectivity index (χ0) is 15.9. The van der Waals surface area contributed by atoms with E-state index in [1.165, 1.54) is 0 Å². The fourth-order valence-electron chi connectivity index (χ4n) is 3.50. The maximum atomic E-state index is 12.6. The number of nitrogens with zero attached hydrogens (tertiary/aromatic N) is 1. The van der Waals surface area contributed by atoms with Crippen molar-refractivity contribution in [1.29, 1.82) is 0 Å². The molecule has 1 unspecified atom stereocenters. The van der Waals surface area contributed by atoms with Crippen LogP contribution >= 0.6 is 0 Å². The topological polar surface area (TPSA) is 59.3 Å². The van der Waals surface area contributed by atoms with E-state index in [1.54, 1.807) is 24.3 Å². The summed E-state index contributed by atoms with van der Waals surface area (Å²) in [6.07, 6.45) is 0.533. The lowest BCUT2D eigenvalue weighted by molar-refractivity contribution is -0.145. The van der Waals surface area contributed by atoms with E-state index >= 15 is 0 Å². The summed E-state index contributed by atoms with van der Waals surface area (Å²) >= 11 is 0. The number of benzene rings is 1. The van der Waals surface area contributed by atoms with E-state index in [2.05, 4.69) is 0 Å².